The lowest BCUT2D eigenvalue weighted by atomic mass is 10.1. The van der Waals surface area contributed by atoms with Crippen LogP contribution in [0.3, 0.4) is 0 Å². The largest absolute Gasteiger partial charge is 0.446 e. The average molecular weight is 269 g/mol. The summed E-state index contributed by atoms with van der Waals surface area (Å²) in [5, 5.41) is 0. The maximum absolute atomic E-state index is 12.2. The van der Waals surface area contributed by atoms with Gasteiger partial charge in [0.2, 0.25) is 5.89 Å². The van der Waals surface area contributed by atoms with Crippen LogP contribution in [0.4, 0.5) is 0 Å². The topological polar surface area (TPSA) is 72.4 Å². The number of rotatable bonds is 3. The summed E-state index contributed by atoms with van der Waals surface area (Å²) >= 11 is 1.87. The van der Waals surface area contributed by atoms with Crippen molar-refractivity contribution in [1.29, 1.82) is 0 Å². The molecule has 2 heterocycles. The molecule has 18 heavy (non-hydrogen) atoms. The van der Waals surface area contributed by atoms with Gasteiger partial charge in [0, 0.05) is 24.6 Å². The van der Waals surface area contributed by atoms with Gasteiger partial charge in [0.25, 0.3) is 5.91 Å². The average Bonchev–Trinajstić information content (AvgIpc) is 2.87. The number of hydrogen-bond acceptors (Lipinski definition) is 5. The first-order valence-corrected chi connectivity index (χ1v) is 7.33. The summed E-state index contributed by atoms with van der Waals surface area (Å²) in [6.45, 7) is 5.56. The summed E-state index contributed by atoms with van der Waals surface area (Å²) in [6.07, 6.45) is 1.42. The second-order valence-corrected chi connectivity index (χ2v) is 5.97. The lowest BCUT2D eigenvalue weighted by Crippen LogP contribution is -2.38. The molecule has 1 amide bonds. The molecule has 0 saturated carbocycles. The van der Waals surface area contributed by atoms with Crippen molar-refractivity contribution in [2.45, 2.75) is 19.9 Å². The van der Waals surface area contributed by atoms with Crippen molar-refractivity contribution in [3.63, 3.8) is 0 Å². The third-order valence-corrected chi connectivity index (χ3v) is 3.99. The Kier molecular flexibility index (Phi) is 4.29. The second-order valence-electron chi connectivity index (χ2n) is 4.75. The lowest BCUT2D eigenvalue weighted by molar-refractivity contribution is 0.0766. The van der Waals surface area contributed by atoms with Crippen LogP contribution in [0, 0.1) is 5.92 Å². The molecular formula is C12H19N3O2S. The van der Waals surface area contributed by atoms with Gasteiger partial charge in [0.1, 0.15) is 6.26 Å². The van der Waals surface area contributed by atoms with Crippen molar-refractivity contribution in [3.8, 4) is 0 Å². The molecule has 1 saturated heterocycles. The number of nitrogens with two attached hydrogens (primary N) is 1. The molecule has 100 valence electrons. The van der Waals surface area contributed by atoms with Gasteiger partial charge in [-0.05, 0) is 5.92 Å². The maximum atomic E-state index is 12.2. The first-order valence-electron chi connectivity index (χ1n) is 6.17. The SMILES string of the molecule is CC(C)C(N)c1nc(C(=O)N2CCSCC2)co1. The Labute approximate surface area is 111 Å². The third-order valence-electron chi connectivity index (χ3n) is 3.04. The molecular weight excluding hydrogens is 250 g/mol. The number of oxazole rings is 1. The highest BCUT2D eigenvalue weighted by Crippen LogP contribution is 2.19. The molecule has 0 aromatic carbocycles. The Hall–Kier alpha value is -1.01. The summed E-state index contributed by atoms with van der Waals surface area (Å²) in [6, 6.07) is -0.261. The predicted octanol–water partition coefficient (Wildman–Crippen LogP) is 1.52. The van der Waals surface area contributed by atoms with Gasteiger partial charge < -0.3 is 15.1 Å². The van der Waals surface area contributed by atoms with Gasteiger partial charge in [0.15, 0.2) is 5.69 Å². The highest BCUT2D eigenvalue weighted by atomic mass is 32.2. The molecule has 1 aliphatic rings. The number of aromatic nitrogens is 1. The van der Waals surface area contributed by atoms with E-state index in [0.717, 1.165) is 24.6 Å². The van der Waals surface area contributed by atoms with Crippen LogP contribution in [0.2, 0.25) is 0 Å². The van der Waals surface area contributed by atoms with Crippen molar-refractivity contribution in [1.82, 2.24) is 9.88 Å². The number of thioether (sulfide) groups is 1. The van der Waals surface area contributed by atoms with Crippen LogP contribution in [0.1, 0.15) is 36.3 Å². The summed E-state index contributed by atoms with van der Waals surface area (Å²) in [5.41, 5.74) is 6.31. The molecule has 1 aliphatic heterocycles. The molecule has 1 aromatic rings. The smallest absolute Gasteiger partial charge is 0.275 e. The van der Waals surface area contributed by atoms with Crippen LogP contribution in [0.15, 0.2) is 10.7 Å². The number of nitrogens with zero attached hydrogens (tertiary/aromatic N) is 2. The minimum absolute atomic E-state index is 0.0544. The Balaban J connectivity index is 2.07. The molecule has 2 N–H and O–H groups in total. The van der Waals surface area contributed by atoms with Crippen LogP contribution in [-0.4, -0.2) is 40.4 Å². The van der Waals surface area contributed by atoms with E-state index in [2.05, 4.69) is 4.98 Å². The van der Waals surface area contributed by atoms with Gasteiger partial charge in [-0.1, -0.05) is 13.8 Å². The number of hydrogen-bond donors (Lipinski definition) is 1. The van der Waals surface area contributed by atoms with E-state index < -0.39 is 0 Å². The summed E-state index contributed by atoms with van der Waals surface area (Å²) in [7, 11) is 0. The van der Waals surface area contributed by atoms with E-state index in [0.29, 0.717) is 11.6 Å². The first kappa shape index (κ1) is 13.4. The van der Waals surface area contributed by atoms with Crippen molar-refractivity contribution < 1.29 is 9.21 Å². The van der Waals surface area contributed by atoms with Crippen LogP contribution < -0.4 is 5.73 Å². The Bertz CT molecular complexity index is 413. The van der Waals surface area contributed by atoms with E-state index >= 15 is 0 Å². The van der Waals surface area contributed by atoms with Crippen LogP contribution >= 0.6 is 11.8 Å². The molecule has 1 aromatic heterocycles. The van der Waals surface area contributed by atoms with Gasteiger partial charge >= 0.3 is 0 Å². The fourth-order valence-electron chi connectivity index (χ4n) is 1.75. The van der Waals surface area contributed by atoms with Crippen LogP contribution in [-0.2, 0) is 0 Å². The maximum Gasteiger partial charge on any atom is 0.275 e. The monoisotopic (exact) mass is 269 g/mol. The lowest BCUT2D eigenvalue weighted by Gasteiger charge is -2.25. The summed E-state index contributed by atoms with van der Waals surface area (Å²) in [5.74, 6) is 2.60. The molecule has 2 rings (SSSR count). The van der Waals surface area contributed by atoms with E-state index in [1.165, 1.54) is 6.26 Å². The van der Waals surface area contributed by atoms with Gasteiger partial charge in [0.05, 0.1) is 6.04 Å². The quantitative estimate of drug-likeness (QED) is 0.900. The fraction of sp³-hybridized carbons (Fsp3) is 0.667. The zero-order chi connectivity index (χ0) is 13.1. The van der Waals surface area contributed by atoms with Gasteiger partial charge in [-0.25, -0.2) is 4.98 Å². The first-order chi connectivity index (χ1) is 8.59. The fourth-order valence-corrected chi connectivity index (χ4v) is 2.66. The van der Waals surface area contributed by atoms with E-state index in [-0.39, 0.29) is 17.9 Å². The van der Waals surface area contributed by atoms with Crippen LogP contribution in [0.25, 0.3) is 0 Å². The molecule has 0 spiro atoms. The molecule has 5 nitrogen and oxygen atoms in total. The molecule has 0 aliphatic carbocycles. The molecule has 1 atom stereocenters. The number of amides is 1. The van der Waals surface area contributed by atoms with E-state index in [9.17, 15) is 4.79 Å². The normalized spacial score (nSPS) is 18.1. The third kappa shape index (κ3) is 2.87. The second kappa shape index (κ2) is 5.75. The zero-order valence-corrected chi connectivity index (χ0v) is 11.6. The van der Waals surface area contributed by atoms with Crippen molar-refractivity contribution in [2.24, 2.45) is 11.7 Å². The summed E-state index contributed by atoms with van der Waals surface area (Å²) < 4.78 is 5.31. The molecule has 0 bridgehead atoms. The van der Waals surface area contributed by atoms with Gasteiger partial charge in [-0.2, -0.15) is 11.8 Å². The van der Waals surface area contributed by atoms with Crippen molar-refractivity contribution >= 4 is 17.7 Å². The predicted molar refractivity (Wildman–Crippen MR) is 71.5 cm³/mol. The van der Waals surface area contributed by atoms with E-state index in [4.69, 9.17) is 10.2 Å². The number of carbonyl (C=O) groups excluding carboxylic acids is 1. The van der Waals surface area contributed by atoms with E-state index in [1.54, 1.807) is 0 Å². The van der Waals surface area contributed by atoms with Gasteiger partial charge in [-0.15, -0.1) is 0 Å². The summed E-state index contributed by atoms with van der Waals surface area (Å²) in [4.78, 5) is 18.2. The number of carbonyl (C=O) groups is 1. The molecule has 6 heteroatoms. The highest BCUT2D eigenvalue weighted by Gasteiger charge is 2.23. The highest BCUT2D eigenvalue weighted by molar-refractivity contribution is 7.99. The Morgan fingerprint density at radius 3 is 2.78 bits per heavy atom. The Morgan fingerprint density at radius 2 is 2.17 bits per heavy atom. The minimum atomic E-state index is -0.261. The molecule has 1 fully saturated rings. The van der Waals surface area contributed by atoms with Crippen LogP contribution in [0.5, 0.6) is 0 Å². The standard InChI is InChI=1S/C12H19N3O2S/c1-8(2)10(13)11-14-9(7-17-11)12(16)15-3-5-18-6-4-15/h7-8,10H,3-6,13H2,1-2H3. The van der Waals surface area contributed by atoms with E-state index in [1.807, 2.05) is 30.5 Å². The van der Waals surface area contributed by atoms with Crippen molar-refractivity contribution in [2.75, 3.05) is 24.6 Å². The molecule has 1 unspecified atom stereocenters. The van der Waals surface area contributed by atoms with Gasteiger partial charge in [-0.3, -0.25) is 4.79 Å². The zero-order valence-electron chi connectivity index (χ0n) is 10.8. The minimum Gasteiger partial charge on any atom is -0.446 e. The Morgan fingerprint density at radius 1 is 1.50 bits per heavy atom. The molecule has 0 radical (unpaired) electrons. The van der Waals surface area contributed by atoms with Crippen molar-refractivity contribution in [3.05, 3.63) is 17.8 Å².